The van der Waals surface area contributed by atoms with Gasteiger partial charge in [-0.1, -0.05) is 266 Å². The fraction of sp³-hybridized carbons (Fsp3) is 0.716. The Morgan fingerprint density at radius 1 is 0.274 bits per heavy atom. The molecule has 0 rings (SSSR count). The Bertz CT molecular complexity index is 1440. The molecule has 418 valence electrons. The predicted molar refractivity (Wildman–Crippen MR) is 316 cm³/mol. The highest BCUT2D eigenvalue weighted by Crippen LogP contribution is 2.16. The highest BCUT2D eigenvalue weighted by Gasteiger charge is 2.19. The molecule has 0 amide bonds. The molecular weight excluding hydrogens is 901 g/mol. The van der Waals surface area contributed by atoms with E-state index in [1.165, 1.54) is 154 Å². The molecule has 0 saturated heterocycles. The van der Waals surface area contributed by atoms with Gasteiger partial charge in [0.2, 0.25) is 0 Å². The molecule has 0 unspecified atom stereocenters. The largest absolute Gasteiger partial charge is 0.462 e. The number of carbonyl (C=O) groups excluding carboxylic acids is 3. The van der Waals surface area contributed by atoms with Crippen LogP contribution in [0, 0.1) is 0 Å². The molecule has 0 radical (unpaired) electrons. The summed E-state index contributed by atoms with van der Waals surface area (Å²) in [6.07, 6.45) is 81.2. The third kappa shape index (κ3) is 59.1. The van der Waals surface area contributed by atoms with Crippen LogP contribution < -0.4 is 0 Å². The second-order valence-electron chi connectivity index (χ2n) is 20.3. The summed E-state index contributed by atoms with van der Waals surface area (Å²) in [6.45, 7) is 6.53. The first-order valence-corrected chi connectivity index (χ1v) is 30.7. The normalized spacial score (nSPS) is 12.8. The van der Waals surface area contributed by atoms with Gasteiger partial charge in [0, 0.05) is 19.3 Å². The SMILES string of the molecule is CCCCC/C=C\C/C=C\C/C=C\C/C=C\CCCCCC(=O)OC[C@H](COC(=O)CCC/C=C\C/C=C\C/C=C\C/C=C\CCCCC)OC(=O)CCCCCCCCCCCCCCCCCCCCC. The number of hydrogen-bond donors (Lipinski definition) is 0. The number of rotatable bonds is 55. The second-order valence-corrected chi connectivity index (χ2v) is 20.3. The van der Waals surface area contributed by atoms with Crippen LogP contribution in [0.1, 0.15) is 290 Å². The van der Waals surface area contributed by atoms with Crippen LogP contribution in [0.2, 0.25) is 0 Å². The Balaban J connectivity index is 4.50. The van der Waals surface area contributed by atoms with E-state index < -0.39 is 6.10 Å². The second kappa shape index (κ2) is 60.9. The van der Waals surface area contributed by atoms with Gasteiger partial charge in [-0.2, -0.15) is 0 Å². The molecule has 6 nitrogen and oxygen atoms in total. The standard InChI is InChI=1S/C67H114O6/c1-4-7-10-13-16-19-22-25-28-31-33-36-39-42-45-48-51-54-57-60-66(69)72-63-64(62-71-65(68)59-56-53-50-47-44-41-38-35-30-27-24-21-18-15-12-9-6-3)73-67(70)61-58-55-52-49-46-43-40-37-34-32-29-26-23-20-17-14-11-8-5-2/h16,18-19,21,25,27-28,30,33,36,38,41-42,45,47,50,64H,4-15,17,20,22-24,26,29,31-32,34-35,37,39-40,43-44,46,48-49,51-63H2,1-3H3/b19-16-,21-18-,28-25-,30-27-,36-33-,41-38-,45-42-,50-47-/t64-/m0/s1. The lowest BCUT2D eigenvalue weighted by Gasteiger charge is -2.18. The van der Waals surface area contributed by atoms with Gasteiger partial charge in [0.05, 0.1) is 0 Å². The van der Waals surface area contributed by atoms with Gasteiger partial charge in [-0.15, -0.1) is 0 Å². The van der Waals surface area contributed by atoms with Crippen molar-refractivity contribution in [2.75, 3.05) is 13.2 Å². The molecule has 0 saturated carbocycles. The average Bonchev–Trinajstić information content (AvgIpc) is 3.39. The van der Waals surface area contributed by atoms with Gasteiger partial charge < -0.3 is 14.2 Å². The lowest BCUT2D eigenvalue weighted by molar-refractivity contribution is -0.167. The van der Waals surface area contributed by atoms with Crippen molar-refractivity contribution < 1.29 is 28.6 Å². The first kappa shape index (κ1) is 69.3. The fourth-order valence-electron chi connectivity index (χ4n) is 8.42. The van der Waals surface area contributed by atoms with Crippen LogP contribution in [-0.4, -0.2) is 37.2 Å². The van der Waals surface area contributed by atoms with Crippen LogP contribution in [-0.2, 0) is 28.6 Å². The van der Waals surface area contributed by atoms with Crippen molar-refractivity contribution in [2.24, 2.45) is 0 Å². The molecule has 73 heavy (non-hydrogen) atoms. The van der Waals surface area contributed by atoms with Crippen molar-refractivity contribution >= 4 is 17.9 Å². The van der Waals surface area contributed by atoms with E-state index in [1.807, 2.05) is 0 Å². The van der Waals surface area contributed by atoms with Crippen LogP contribution in [0.3, 0.4) is 0 Å². The van der Waals surface area contributed by atoms with Crippen LogP contribution in [0.25, 0.3) is 0 Å². The minimum Gasteiger partial charge on any atom is -0.462 e. The van der Waals surface area contributed by atoms with Gasteiger partial charge in [0.1, 0.15) is 13.2 Å². The summed E-state index contributed by atoms with van der Waals surface area (Å²) in [5.41, 5.74) is 0. The summed E-state index contributed by atoms with van der Waals surface area (Å²) >= 11 is 0. The summed E-state index contributed by atoms with van der Waals surface area (Å²) < 4.78 is 16.8. The molecule has 1 atom stereocenters. The highest BCUT2D eigenvalue weighted by atomic mass is 16.6. The number of unbranched alkanes of at least 4 members (excludes halogenated alkanes) is 28. The maximum absolute atomic E-state index is 12.9. The summed E-state index contributed by atoms with van der Waals surface area (Å²) in [4.78, 5) is 38.2. The van der Waals surface area contributed by atoms with Gasteiger partial charge >= 0.3 is 17.9 Å². The molecule has 0 fully saturated rings. The van der Waals surface area contributed by atoms with E-state index in [1.54, 1.807) is 0 Å². The van der Waals surface area contributed by atoms with Crippen molar-refractivity contribution in [3.05, 3.63) is 97.2 Å². The quantitative estimate of drug-likeness (QED) is 0.0261. The van der Waals surface area contributed by atoms with Crippen molar-refractivity contribution in [3.63, 3.8) is 0 Å². The predicted octanol–water partition coefficient (Wildman–Crippen LogP) is 20.9. The van der Waals surface area contributed by atoms with Crippen LogP contribution in [0.15, 0.2) is 97.2 Å². The van der Waals surface area contributed by atoms with Crippen molar-refractivity contribution in [1.29, 1.82) is 0 Å². The van der Waals surface area contributed by atoms with Crippen molar-refractivity contribution in [2.45, 2.75) is 297 Å². The molecule has 0 aromatic rings. The molecule has 0 aromatic carbocycles. The molecule has 0 N–H and O–H groups in total. The highest BCUT2D eigenvalue weighted by molar-refractivity contribution is 5.71. The van der Waals surface area contributed by atoms with Gasteiger partial charge in [0.15, 0.2) is 6.10 Å². The average molecular weight is 1020 g/mol. The lowest BCUT2D eigenvalue weighted by atomic mass is 10.0. The monoisotopic (exact) mass is 1010 g/mol. The zero-order valence-corrected chi connectivity index (χ0v) is 47.9. The maximum Gasteiger partial charge on any atom is 0.306 e. The van der Waals surface area contributed by atoms with Gasteiger partial charge in [-0.3, -0.25) is 14.4 Å². The van der Waals surface area contributed by atoms with E-state index in [2.05, 4.69) is 118 Å². The molecule has 0 aliphatic heterocycles. The summed E-state index contributed by atoms with van der Waals surface area (Å²) in [5.74, 6) is -0.986. The molecule has 6 heteroatoms. The van der Waals surface area contributed by atoms with Crippen LogP contribution in [0.5, 0.6) is 0 Å². The molecule has 0 spiro atoms. The van der Waals surface area contributed by atoms with E-state index in [9.17, 15) is 14.4 Å². The molecule has 0 bridgehead atoms. The minimum absolute atomic E-state index is 0.110. The fourth-order valence-corrected chi connectivity index (χ4v) is 8.42. The van der Waals surface area contributed by atoms with E-state index >= 15 is 0 Å². The third-order valence-electron chi connectivity index (χ3n) is 13.1. The number of ether oxygens (including phenoxy) is 3. The Labute approximate surface area is 451 Å². The number of hydrogen-bond acceptors (Lipinski definition) is 6. The smallest absolute Gasteiger partial charge is 0.306 e. The Kier molecular flexibility index (Phi) is 57.8. The molecule has 0 aliphatic carbocycles. The molecule has 0 aromatic heterocycles. The van der Waals surface area contributed by atoms with Crippen LogP contribution >= 0.6 is 0 Å². The number of carbonyl (C=O) groups is 3. The maximum atomic E-state index is 12.9. The van der Waals surface area contributed by atoms with Gasteiger partial charge in [0.25, 0.3) is 0 Å². The molecule has 0 heterocycles. The van der Waals surface area contributed by atoms with Crippen molar-refractivity contribution in [3.8, 4) is 0 Å². The van der Waals surface area contributed by atoms with Gasteiger partial charge in [-0.05, 0) is 103 Å². The summed E-state index contributed by atoms with van der Waals surface area (Å²) in [6, 6.07) is 0. The zero-order valence-electron chi connectivity index (χ0n) is 47.9. The summed E-state index contributed by atoms with van der Waals surface area (Å²) in [5, 5.41) is 0. The minimum atomic E-state index is -0.813. The number of esters is 3. The summed E-state index contributed by atoms with van der Waals surface area (Å²) in [7, 11) is 0. The first-order chi connectivity index (χ1) is 36.0. The van der Waals surface area contributed by atoms with Crippen LogP contribution in [0.4, 0.5) is 0 Å². The van der Waals surface area contributed by atoms with Gasteiger partial charge in [-0.25, -0.2) is 0 Å². The zero-order chi connectivity index (χ0) is 52.9. The Morgan fingerprint density at radius 3 is 0.849 bits per heavy atom. The first-order valence-electron chi connectivity index (χ1n) is 30.7. The van der Waals surface area contributed by atoms with E-state index in [4.69, 9.17) is 14.2 Å². The lowest BCUT2D eigenvalue weighted by Crippen LogP contribution is -2.30. The third-order valence-corrected chi connectivity index (χ3v) is 13.1. The Morgan fingerprint density at radius 2 is 0.507 bits per heavy atom. The van der Waals surface area contributed by atoms with Crippen molar-refractivity contribution in [1.82, 2.24) is 0 Å². The molecular formula is C67H114O6. The Hall–Kier alpha value is -3.67. The molecule has 0 aliphatic rings. The van der Waals surface area contributed by atoms with E-state index in [0.29, 0.717) is 19.3 Å². The number of allylic oxidation sites excluding steroid dienone is 16. The topological polar surface area (TPSA) is 78.9 Å². The van der Waals surface area contributed by atoms with E-state index in [0.717, 1.165) is 89.9 Å². The van der Waals surface area contributed by atoms with E-state index in [-0.39, 0.29) is 37.5 Å².